The minimum absolute atomic E-state index is 0.147. The first kappa shape index (κ1) is 18.3. The molecule has 1 aliphatic heterocycles. The molecule has 7 heteroatoms. The molecule has 1 aliphatic rings. The molecule has 6 nitrogen and oxygen atoms in total. The number of hydrogen-bond donors (Lipinski definition) is 0. The van der Waals surface area contributed by atoms with Gasteiger partial charge in [0, 0.05) is 11.8 Å². The third-order valence-corrected chi connectivity index (χ3v) is 5.66. The van der Waals surface area contributed by atoms with Crippen LogP contribution in [0.25, 0.3) is 0 Å². The third-order valence-electron chi connectivity index (χ3n) is 4.57. The summed E-state index contributed by atoms with van der Waals surface area (Å²) in [6, 6.07) is 19.3. The van der Waals surface area contributed by atoms with E-state index >= 15 is 0 Å². The molecule has 0 aliphatic carbocycles. The maximum absolute atomic E-state index is 13.0. The van der Waals surface area contributed by atoms with Crippen LogP contribution in [0.2, 0.25) is 0 Å². The summed E-state index contributed by atoms with van der Waals surface area (Å²) in [5.41, 5.74) is 0.864. The Kier molecular flexibility index (Phi) is 5.16. The zero-order chi connectivity index (χ0) is 19.5. The topological polar surface area (TPSA) is 70.3 Å². The number of carbonyl (C=O) groups excluding carboxylic acids is 1. The Morgan fingerprint density at radius 1 is 1.00 bits per heavy atom. The number of benzene rings is 2. The highest BCUT2D eigenvalue weighted by Crippen LogP contribution is 2.31. The summed E-state index contributed by atoms with van der Waals surface area (Å²) in [4.78, 5) is 38.0. The maximum atomic E-state index is 13.0. The van der Waals surface area contributed by atoms with Gasteiger partial charge in [-0.1, -0.05) is 60.7 Å². The molecule has 142 valence electrons. The van der Waals surface area contributed by atoms with Gasteiger partial charge in [0.1, 0.15) is 12.6 Å². The van der Waals surface area contributed by atoms with Gasteiger partial charge in [0.25, 0.3) is 5.56 Å². The Morgan fingerprint density at radius 3 is 2.32 bits per heavy atom. The van der Waals surface area contributed by atoms with Gasteiger partial charge in [-0.3, -0.25) is 13.9 Å². The second-order valence-electron chi connectivity index (χ2n) is 6.47. The van der Waals surface area contributed by atoms with Gasteiger partial charge in [-0.25, -0.2) is 9.59 Å². The molecule has 0 radical (unpaired) electrons. The van der Waals surface area contributed by atoms with Gasteiger partial charge in [-0.15, -0.1) is 11.8 Å². The molecule has 0 bridgehead atoms. The Morgan fingerprint density at radius 2 is 1.64 bits per heavy atom. The highest BCUT2D eigenvalue weighted by atomic mass is 32.2. The molecule has 0 spiro atoms. The van der Waals surface area contributed by atoms with E-state index < -0.39 is 17.7 Å². The summed E-state index contributed by atoms with van der Waals surface area (Å²) in [6.07, 6.45) is 0. The normalized spacial score (nSPS) is 15.2. The number of esters is 1. The molecule has 2 aromatic carbocycles. The first-order valence-corrected chi connectivity index (χ1v) is 9.86. The standard InChI is InChI=1S/C21H18N2O4S/c24-18-11-19-23(21(26)22(18)12-15-7-3-1-4-8-15)17(14-28-19)20(25)27-13-16-9-5-2-6-10-16/h1-11,17H,12-14H2. The molecule has 4 rings (SSSR count). The molecule has 1 atom stereocenters. The van der Waals surface area contributed by atoms with Crippen LogP contribution in [0, 0.1) is 0 Å². The smallest absolute Gasteiger partial charge is 0.333 e. The molecule has 1 aromatic heterocycles. The van der Waals surface area contributed by atoms with Crippen molar-refractivity contribution in [1.29, 1.82) is 0 Å². The van der Waals surface area contributed by atoms with E-state index in [0.717, 1.165) is 15.7 Å². The molecule has 28 heavy (non-hydrogen) atoms. The molecule has 0 amide bonds. The Labute approximate surface area is 165 Å². The van der Waals surface area contributed by atoms with E-state index in [1.165, 1.54) is 22.4 Å². The predicted octanol–water partition coefficient (Wildman–Crippen LogP) is 2.45. The number of thioether (sulfide) groups is 1. The van der Waals surface area contributed by atoms with Gasteiger partial charge in [-0.2, -0.15) is 0 Å². The van der Waals surface area contributed by atoms with Crippen molar-refractivity contribution >= 4 is 17.7 Å². The van der Waals surface area contributed by atoms with Crippen LogP contribution in [0.15, 0.2) is 81.3 Å². The molecule has 0 N–H and O–H groups in total. The van der Waals surface area contributed by atoms with Gasteiger partial charge in [0.15, 0.2) is 0 Å². The van der Waals surface area contributed by atoms with Crippen LogP contribution in [0.4, 0.5) is 0 Å². The van der Waals surface area contributed by atoms with Crippen LogP contribution in [0.3, 0.4) is 0 Å². The SMILES string of the molecule is O=C(OCc1ccccc1)C1CSc2cc(=O)n(Cc3ccccc3)c(=O)n21. The molecule has 1 unspecified atom stereocenters. The number of carbonyl (C=O) groups is 1. The summed E-state index contributed by atoms with van der Waals surface area (Å²) < 4.78 is 7.95. The van der Waals surface area contributed by atoms with Crippen molar-refractivity contribution in [2.24, 2.45) is 0 Å². The summed E-state index contributed by atoms with van der Waals surface area (Å²) in [7, 11) is 0. The molecule has 2 heterocycles. The van der Waals surface area contributed by atoms with Gasteiger partial charge in [-0.05, 0) is 11.1 Å². The van der Waals surface area contributed by atoms with Crippen LogP contribution >= 0.6 is 11.8 Å². The van der Waals surface area contributed by atoms with Crippen molar-refractivity contribution in [2.75, 3.05) is 5.75 Å². The Bertz CT molecular complexity index is 1110. The highest BCUT2D eigenvalue weighted by Gasteiger charge is 2.33. The summed E-state index contributed by atoms with van der Waals surface area (Å²) in [5.74, 6) is -0.0976. The van der Waals surface area contributed by atoms with Crippen molar-refractivity contribution in [3.05, 3.63) is 98.7 Å². The number of nitrogens with zero attached hydrogens (tertiary/aromatic N) is 2. The van der Waals surface area contributed by atoms with E-state index in [-0.39, 0.29) is 18.7 Å². The van der Waals surface area contributed by atoms with Gasteiger partial charge >= 0.3 is 11.7 Å². The zero-order valence-electron chi connectivity index (χ0n) is 15.0. The number of aromatic nitrogens is 2. The first-order chi connectivity index (χ1) is 13.6. The zero-order valence-corrected chi connectivity index (χ0v) is 15.8. The van der Waals surface area contributed by atoms with E-state index in [2.05, 4.69) is 0 Å². The fourth-order valence-corrected chi connectivity index (χ4v) is 4.26. The monoisotopic (exact) mass is 394 g/mol. The Hall–Kier alpha value is -3.06. The average Bonchev–Trinajstić information content (AvgIpc) is 3.15. The molecular weight excluding hydrogens is 376 g/mol. The largest absolute Gasteiger partial charge is 0.459 e. The van der Waals surface area contributed by atoms with Crippen LogP contribution < -0.4 is 11.2 Å². The van der Waals surface area contributed by atoms with Crippen LogP contribution in [0.5, 0.6) is 0 Å². The lowest BCUT2D eigenvalue weighted by atomic mass is 10.2. The van der Waals surface area contributed by atoms with Crippen molar-refractivity contribution in [3.8, 4) is 0 Å². The average molecular weight is 394 g/mol. The minimum Gasteiger partial charge on any atom is -0.459 e. The summed E-state index contributed by atoms with van der Waals surface area (Å²) in [6.45, 7) is 0.309. The van der Waals surface area contributed by atoms with E-state index in [1.807, 2.05) is 60.7 Å². The molecule has 0 saturated heterocycles. The first-order valence-electron chi connectivity index (χ1n) is 8.87. The van der Waals surface area contributed by atoms with Crippen molar-refractivity contribution in [1.82, 2.24) is 9.13 Å². The van der Waals surface area contributed by atoms with Crippen LogP contribution in [0.1, 0.15) is 17.2 Å². The number of ether oxygens (including phenoxy) is 1. The van der Waals surface area contributed by atoms with Gasteiger partial charge in [0.05, 0.1) is 11.6 Å². The fraction of sp³-hybridized carbons (Fsp3) is 0.190. The number of rotatable bonds is 5. The molecule has 0 saturated carbocycles. The maximum Gasteiger partial charge on any atom is 0.333 e. The van der Waals surface area contributed by atoms with E-state index in [1.54, 1.807) is 0 Å². The third kappa shape index (κ3) is 3.66. The summed E-state index contributed by atoms with van der Waals surface area (Å²) >= 11 is 1.32. The van der Waals surface area contributed by atoms with E-state index in [9.17, 15) is 14.4 Å². The fourth-order valence-electron chi connectivity index (χ4n) is 3.12. The number of fused-ring (bicyclic) bond motifs is 1. The van der Waals surface area contributed by atoms with Crippen molar-refractivity contribution in [3.63, 3.8) is 0 Å². The van der Waals surface area contributed by atoms with E-state index in [0.29, 0.717) is 10.8 Å². The lowest BCUT2D eigenvalue weighted by molar-refractivity contribution is -0.148. The molecule has 3 aromatic rings. The van der Waals surface area contributed by atoms with Crippen molar-refractivity contribution < 1.29 is 9.53 Å². The lowest BCUT2D eigenvalue weighted by Crippen LogP contribution is -2.42. The predicted molar refractivity (Wildman–Crippen MR) is 107 cm³/mol. The molecular formula is C21H18N2O4S. The summed E-state index contributed by atoms with van der Waals surface area (Å²) in [5, 5.41) is 0.501. The second-order valence-corrected chi connectivity index (χ2v) is 7.51. The van der Waals surface area contributed by atoms with Crippen LogP contribution in [-0.2, 0) is 22.7 Å². The lowest BCUT2D eigenvalue weighted by Gasteiger charge is -2.15. The van der Waals surface area contributed by atoms with Crippen LogP contribution in [-0.4, -0.2) is 20.9 Å². The highest BCUT2D eigenvalue weighted by molar-refractivity contribution is 7.99. The number of hydrogen-bond acceptors (Lipinski definition) is 5. The van der Waals surface area contributed by atoms with Crippen molar-refractivity contribution in [2.45, 2.75) is 24.2 Å². The van der Waals surface area contributed by atoms with Gasteiger partial charge in [0.2, 0.25) is 0 Å². The van der Waals surface area contributed by atoms with E-state index in [4.69, 9.17) is 4.74 Å². The minimum atomic E-state index is -0.737. The molecule has 0 fully saturated rings. The quantitative estimate of drug-likeness (QED) is 0.491. The second kappa shape index (κ2) is 7.90. The van der Waals surface area contributed by atoms with Gasteiger partial charge < -0.3 is 4.74 Å². The Balaban J connectivity index is 1.60.